The highest BCUT2D eigenvalue weighted by Crippen LogP contribution is 2.17. The summed E-state index contributed by atoms with van der Waals surface area (Å²) in [4.78, 5) is 24.8. The van der Waals surface area contributed by atoms with E-state index >= 15 is 0 Å². The lowest BCUT2D eigenvalue weighted by atomic mass is 10.1. The van der Waals surface area contributed by atoms with Gasteiger partial charge in [0, 0.05) is 15.6 Å². The molecule has 16 heavy (non-hydrogen) atoms. The quantitative estimate of drug-likeness (QED) is 0.884. The highest BCUT2D eigenvalue weighted by atomic mass is 79.9. The number of halogens is 1. The van der Waals surface area contributed by atoms with E-state index in [1.54, 1.807) is 18.2 Å². The van der Waals surface area contributed by atoms with E-state index in [2.05, 4.69) is 20.9 Å². The summed E-state index contributed by atoms with van der Waals surface area (Å²) in [6.45, 7) is 0. The molecule has 1 aromatic carbocycles. The first kappa shape index (κ1) is 10.9. The Morgan fingerprint density at radius 1 is 1.38 bits per heavy atom. The molecule has 1 heterocycles. The number of carboxylic acid groups (broad SMARTS) is 1. The van der Waals surface area contributed by atoms with Crippen LogP contribution in [0.1, 0.15) is 5.69 Å². The topological polar surface area (TPSA) is 70.2 Å². The molecule has 5 heteroatoms. The van der Waals surface area contributed by atoms with E-state index in [-0.39, 0.29) is 12.0 Å². The molecule has 4 nitrogen and oxygen atoms in total. The lowest BCUT2D eigenvalue weighted by Gasteiger charge is -2.01. The first-order valence-electron chi connectivity index (χ1n) is 4.59. The molecule has 2 rings (SSSR count). The van der Waals surface area contributed by atoms with Crippen molar-refractivity contribution in [3.63, 3.8) is 0 Å². The van der Waals surface area contributed by atoms with Gasteiger partial charge in [-0.25, -0.2) is 0 Å². The second-order valence-electron chi connectivity index (χ2n) is 3.43. The van der Waals surface area contributed by atoms with Crippen LogP contribution < -0.4 is 5.56 Å². The number of aromatic nitrogens is 1. The Balaban J connectivity index is 2.64. The summed E-state index contributed by atoms with van der Waals surface area (Å²) >= 11 is 3.28. The number of nitrogens with one attached hydrogen (secondary N) is 1. The second kappa shape index (κ2) is 4.09. The van der Waals surface area contributed by atoms with Crippen molar-refractivity contribution in [2.75, 3.05) is 0 Å². The van der Waals surface area contributed by atoms with E-state index in [9.17, 15) is 9.59 Å². The molecule has 1 aromatic heterocycles. The third-order valence-electron chi connectivity index (χ3n) is 2.21. The van der Waals surface area contributed by atoms with Crippen LogP contribution in [0.4, 0.5) is 0 Å². The van der Waals surface area contributed by atoms with E-state index < -0.39 is 5.97 Å². The van der Waals surface area contributed by atoms with Crippen LogP contribution in [-0.4, -0.2) is 16.1 Å². The number of aromatic amines is 1. The van der Waals surface area contributed by atoms with Gasteiger partial charge in [-0.2, -0.15) is 0 Å². The smallest absolute Gasteiger partial charge is 0.309 e. The van der Waals surface area contributed by atoms with E-state index in [4.69, 9.17) is 5.11 Å². The number of H-pyrrole nitrogens is 1. The number of pyridine rings is 1. The normalized spacial score (nSPS) is 10.6. The molecule has 0 saturated carbocycles. The molecule has 2 aromatic rings. The minimum Gasteiger partial charge on any atom is -0.481 e. The van der Waals surface area contributed by atoms with Gasteiger partial charge in [-0.15, -0.1) is 0 Å². The van der Waals surface area contributed by atoms with Gasteiger partial charge in [0.15, 0.2) is 0 Å². The second-order valence-corrected chi connectivity index (χ2v) is 4.34. The van der Waals surface area contributed by atoms with E-state index in [0.29, 0.717) is 11.1 Å². The number of carboxylic acids is 1. The molecule has 0 aliphatic heterocycles. The predicted molar refractivity (Wildman–Crippen MR) is 63.6 cm³/mol. The Hall–Kier alpha value is -1.62. The van der Waals surface area contributed by atoms with Crippen LogP contribution in [0.5, 0.6) is 0 Å². The average Bonchev–Trinajstić information content (AvgIpc) is 2.18. The number of carbonyl (C=O) groups is 1. The molecule has 0 amide bonds. The molecule has 0 radical (unpaired) electrons. The number of benzene rings is 1. The summed E-state index contributed by atoms with van der Waals surface area (Å²) in [6.07, 6.45) is -0.179. The standard InChI is InChI=1S/C11H8BrNO3/c12-7-2-1-6-3-8(5-10(14)15)13-11(16)9(6)4-7/h1-4H,5H2,(H,13,16)(H,14,15). The van der Waals surface area contributed by atoms with Gasteiger partial charge in [-0.1, -0.05) is 22.0 Å². The van der Waals surface area contributed by atoms with E-state index in [1.807, 2.05) is 6.07 Å². The fourth-order valence-corrected chi connectivity index (χ4v) is 1.91. The number of rotatable bonds is 2. The van der Waals surface area contributed by atoms with Gasteiger partial charge < -0.3 is 10.1 Å². The first-order valence-corrected chi connectivity index (χ1v) is 5.39. The fourth-order valence-electron chi connectivity index (χ4n) is 1.55. The van der Waals surface area contributed by atoms with E-state index in [1.165, 1.54) is 0 Å². The zero-order valence-electron chi connectivity index (χ0n) is 8.16. The molecule has 82 valence electrons. The summed E-state index contributed by atoms with van der Waals surface area (Å²) in [7, 11) is 0. The molecular formula is C11H8BrNO3. The number of aliphatic carboxylic acids is 1. The Morgan fingerprint density at radius 2 is 2.12 bits per heavy atom. The molecule has 0 unspecified atom stereocenters. The molecule has 2 N–H and O–H groups in total. The minimum absolute atomic E-state index is 0.179. The van der Waals surface area contributed by atoms with Crippen molar-refractivity contribution in [3.8, 4) is 0 Å². The summed E-state index contributed by atoms with van der Waals surface area (Å²) in [6, 6.07) is 6.97. The van der Waals surface area contributed by atoms with Crippen LogP contribution in [0.2, 0.25) is 0 Å². The predicted octanol–water partition coefficient (Wildman–Crippen LogP) is 1.92. The van der Waals surface area contributed by atoms with Gasteiger partial charge in [0.1, 0.15) is 0 Å². The Morgan fingerprint density at radius 3 is 2.81 bits per heavy atom. The van der Waals surface area contributed by atoms with Crippen molar-refractivity contribution >= 4 is 32.7 Å². The third kappa shape index (κ3) is 2.14. The fraction of sp³-hybridized carbons (Fsp3) is 0.0909. The van der Waals surface area contributed by atoms with E-state index in [0.717, 1.165) is 9.86 Å². The molecular weight excluding hydrogens is 274 g/mol. The summed E-state index contributed by atoms with van der Waals surface area (Å²) in [5, 5.41) is 9.93. The number of fused-ring (bicyclic) bond motifs is 1. The summed E-state index contributed by atoms with van der Waals surface area (Å²) in [5.74, 6) is -0.966. The molecule has 0 aliphatic carbocycles. The van der Waals surface area contributed by atoms with Crippen LogP contribution >= 0.6 is 15.9 Å². The zero-order valence-corrected chi connectivity index (χ0v) is 9.74. The SMILES string of the molecule is O=C(O)Cc1cc2ccc(Br)cc2c(=O)[nH]1. The Bertz CT molecular complexity index is 618. The molecule has 0 fully saturated rings. The summed E-state index contributed by atoms with van der Waals surface area (Å²) < 4.78 is 0.816. The average molecular weight is 282 g/mol. The van der Waals surface area contributed by atoms with Crippen LogP contribution in [-0.2, 0) is 11.2 Å². The van der Waals surface area contributed by atoms with Crippen molar-refractivity contribution in [1.29, 1.82) is 0 Å². The number of hydrogen-bond acceptors (Lipinski definition) is 2. The molecule has 0 saturated heterocycles. The van der Waals surface area contributed by atoms with Crippen molar-refractivity contribution in [1.82, 2.24) is 4.98 Å². The lowest BCUT2D eigenvalue weighted by molar-refractivity contribution is -0.136. The van der Waals surface area contributed by atoms with Gasteiger partial charge in [0.2, 0.25) is 0 Å². The number of hydrogen-bond donors (Lipinski definition) is 2. The van der Waals surface area contributed by atoms with Crippen LogP contribution in [0.15, 0.2) is 33.5 Å². The summed E-state index contributed by atoms with van der Waals surface area (Å²) in [5.41, 5.74) is 0.141. The Labute approximate surface area is 99.0 Å². The van der Waals surface area contributed by atoms with Crippen LogP contribution in [0.25, 0.3) is 10.8 Å². The van der Waals surface area contributed by atoms with Gasteiger partial charge in [-0.3, -0.25) is 9.59 Å². The highest BCUT2D eigenvalue weighted by Gasteiger charge is 2.05. The zero-order chi connectivity index (χ0) is 11.7. The monoisotopic (exact) mass is 281 g/mol. The molecule has 0 aliphatic rings. The molecule has 0 spiro atoms. The minimum atomic E-state index is -0.966. The van der Waals surface area contributed by atoms with Gasteiger partial charge in [-0.05, 0) is 23.6 Å². The Kier molecular flexibility index (Phi) is 2.78. The molecule has 0 bridgehead atoms. The largest absolute Gasteiger partial charge is 0.481 e. The first-order chi connectivity index (χ1) is 7.56. The maximum absolute atomic E-state index is 11.7. The highest BCUT2D eigenvalue weighted by molar-refractivity contribution is 9.10. The van der Waals surface area contributed by atoms with Crippen molar-refractivity contribution in [2.24, 2.45) is 0 Å². The van der Waals surface area contributed by atoms with Crippen molar-refractivity contribution in [3.05, 3.63) is 44.8 Å². The maximum Gasteiger partial charge on any atom is 0.309 e. The van der Waals surface area contributed by atoms with Crippen molar-refractivity contribution < 1.29 is 9.90 Å². The third-order valence-corrected chi connectivity index (χ3v) is 2.70. The van der Waals surface area contributed by atoms with Crippen molar-refractivity contribution in [2.45, 2.75) is 6.42 Å². The van der Waals surface area contributed by atoms with Crippen LogP contribution in [0, 0.1) is 0 Å². The molecule has 0 atom stereocenters. The maximum atomic E-state index is 11.7. The van der Waals surface area contributed by atoms with Crippen LogP contribution in [0.3, 0.4) is 0 Å². The van der Waals surface area contributed by atoms with Gasteiger partial charge in [0.05, 0.1) is 6.42 Å². The van der Waals surface area contributed by atoms with Gasteiger partial charge in [0.25, 0.3) is 5.56 Å². The lowest BCUT2D eigenvalue weighted by Crippen LogP contribution is -2.12. The van der Waals surface area contributed by atoms with Gasteiger partial charge >= 0.3 is 5.97 Å².